The van der Waals surface area contributed by atoms with Crippen LogP contribution in [0, 0.1) is 0 Å². The second kappa shape index (κ2) is 6.24. The Bertz CT molecular complexity index is 488. The number of hydrogen-bond donors (Lipinski definition) is 2. The topological polar surface area (TPSA) is 82.2 Å². The van der Waals surface area contributed by atoms with Crippen LogP contribution in [0.25, 0.3) is 5.69 Å². The number of guanidine groups is 1. The number of hydrogen-bond acceptors (Lipinski definition) is 2. The van der Waals surface area contributed by atoms with Crippen molar-refractivity contribution in [1.29, 1.82) is 0 Å². The van der Waals surface area contributed by atoms with Crippen LogP contribution in [0.4, 0.5) is 0 Å². The summed E-state index contributed by atoms with van der Waals surface area (Å²) in [7, 11) is 0. The van der Waals surface area contributed by atoms with E-state index in [0.29, 0.717) is 6.54 Å². The van der Waals surface area contributed by atoms with Crippen molar-refractivity contribution >= 4 is 29.9 Å². The van der Waals surface area contributed by atoms with Gasteiger partial charge in [-0.3, -0.25) is 0 Å². The number of aliphatic imine (C=N–C) groups is 1. The molecule has 1 aromatic heterocycles. The van der Waals surface area contributed by atoms with Crippen LogP contribution in [0.5, 0.6) is 0 Å². The van der Waals surface area contributed by atoms with Gasteiger partial charge < -0.3 is 11.5 Å². The van der Waals surface area contributed by atoms with Crippen molar-refractivity contribution in [2.75, 3.05) is 0 Å². The Morgan fingerprint density at radius 1 is 1.24 bits per heavy atom. The predicted molar refractivity (Wildman–Crippen MR) is 78.5 cm³/mol. The fourth-order valence-electron chi connectivity index (χ4n) is 1.35. The van der Waals surface area contributed by atoms with E-state index >= 15 is 0 Å². The highest BCUT2D eigenvalue weighted by atomic mass is 127. The molecule has 17 heavy (non-hydrogen) atoms. The average Bonchev–Trinajstić information content (AvgIpc) is 2.76. The number of halogens is 1. The maximum Gasteiger partial charge on any atom is 0.186 e. The van der Waals surface area contributed by atoms with Gasteiger partial charge in [-0.1, -0.05) is 18.2 Å². The van der Waals surface area contributed by atoms with Crippen molar-refractivity contribution in [3.05, 3.63) is 48.3 Å². The normalized spacial score (nSPS) is 9.41. The van der Waals surface area contributed by atoms with E-state index in [2.05, 4.69) is 10.1 Å². The average molecular weight is 343 g/mol. The second-order valence-electron chi connectivity index (χ2n) is 3.37. The molecular formula is C11H14IN5. The molecule has 4 N–H and O–H groups in total. The van der Waals surface area contributed by atoms with E-state index in [4.69, 9.17) is 11.5 Å². The summed E-state index contributed by atoms with van der Waals surface area (Å²) in [5.74, 6) is 0.0902. The Labute approximate surface area is 117 Å². The first-order valence-electron chi connectivity index (χ1n) is 4.90. The number of para-hydroxylation sites is 1. The summed E-state index contributed by atoms with van der Waals surface area (Å²) in [6.45, 7) is 0.454. The summed E-state index contributed by atoms with van der Waals surface area (Å²) in [4.78, 5) is 3.92. The zero-order valence-electron chi connectivity index (χ0n) is 9.15. The molecule has 0 saturated heterocycles. The van der Waals surface area contributed by atoms with E-state index in [1.165, 1.54) is 0 Å². The van der Waals surface area contributed by atoms with Gasteiger partial charge in [0, 0.05) is 11.8 Å². The highest BCUT2D eigenvalue weighted by Crippen LogP contribution is 2.07. The predicted octanol–water partition coefficient (Wildman–Crippen LogP) is 1.26. The lowest BCUT2D eigenvalue weighted by atomic mass is 10.3. The highest BCUT2D eigenvalue weighted by Gasteiger charge is 1.99. The zero-order valence-corrected chi connectivity index (χ0v) is 11.5. The van der Waals surface area contributed by atoms with Crippen LogP contribution in [0.3, 0.4) is 0 Å². The van der Waals surface area contributed by atoms with Gasteiger partial charge in [0.25, 0.3) is 0 Å². The van der Waals surface area contributed by atoms with Gasteiger partial charge >= 0.3 is 0 Å². The molecule has 0 aliphatic carbocycles. The Hall–Kier alpha value is -1.57. The van der Waals surface area contributed by atoms with Crippen LogP contribution in [0.1, 0.15) is 5.56 Å². The fraction of sp³-hybridized carbons (Fsp3) is 0.0909. The lowest BCUT2D eigenvalue weighted by molar-refractivity contribution is 0.879. The molecule has 0 fully saturated rings. The van der Waals surface area contributed by atoms with Gasteiger partial charge in [-0.2, -0.15) is 5.10 Å². The third kappa shape index (κ3) is 3.74. The van der Waals surface area contributed by atoms with E-state index < -0.39 is 0 Å². The molecule has 2 rings (SSSR count). The third-order valence-electron chi connectivity index (χ3n) is 2.10. The molecule has 0 unspecified atom stereocenters. The van der Waals surface area contributed by atoms with E-state index in [0.717, 1.165) is 11.3 Å². The number of nitrogens with two attached hydrogens (primary N) is 2. The van der Waals surface area contributed by atoms with Crippen LogP contribution in [0.2, 0.25) is 0 Å². The summed E-state index contributed by atoms with van der Waals surface area (Å²) in [5.41, 5.74) is 12.5. The van der Waals surface area contributed by atoms with Gasteiger partial charge in [0.2, 0.25) is 0 Å². The summed E-state index contributed by atoms with van der Waals surface area (Å²) in [6, 6.07) is 9.86. The molecule has 5 nitrogen and oxygen atoms in total. The van der Waals surface area contributed by atoms with Crippen LogP contribution in [-0.4, -0.2) is 15.7 Å². The molecule has 0 saturated carbocycles. The van der Waals surface area contributed by atoms with E-state index in [9.17, 15) is 0 Å². The van der Waals surface area contributed by atoms with Crippen molar-refractivity contribution in [1.82, 2.24) is 9.78 Å². The Morgan fingerprint density at radius 2 is 1.94 bits per heavy atom. The lowest BCUT2D eigenvalue weighted by Gasteiger charge is -1.98. The van der Waals surface area contributed by atoms with Crippen LogP contribution < -0.4 is 11.5 Å². The van der Waals surface area contributed by atoms with Crippen LogP contribution in [-0.2, 0) is 6.54 Å². The fourth-order valence-corrected chi connectivity index (χ4v) is 1.35. The SMILES string of the molecule is I.NC(N)=NCc1cnn(-c2ccccc2)c1. The first-order valence-corrected chi connectivity index (χ1v) is 4.90. The molecule has 2 aromatic rings. The number of rotatable bonds is 3. The molecule has 0 spiro atoms. The van der Waals surface area contributed by atoms with E-state index in [1.54, 1.807) is 10.9 Å². The number of nitrogens with zero attached hydrogens (tertiary/aromatic N) is 3. The molecule has 90 valence electrons. The summed E-state index contributed by atoms with van der Waals surface area (Å²) >= 11 is 0. The largest absolute Gasteiger partial charge is 0.370 e. The Morgan fingerprint density at radius 3 is 2.59 bits per heavy atom. The maximum atomic E-state index is 5.26. The number of benzene rings is 1. The zero-order chi connectivity index (χ0) is 11.4. The molecule has 1 heterocycles. The van der Waals surface area contributed by atoms with Crippen molar-refractivity contribution in [3.8, 4) is 5.69 Å². The molecule has 0 bridgehead atoms. The summed E-state index contributed by atoms with van der Waals surface area (Å²) in [5, 5.41) is 4.23. The van der Waals surface area contributed by atoms with Crippen molar-refractivity contribution in [3.63, 3.8) is 0 Å². The third-order valence-corrected chi connectivity index (χ3v) is 2.10. The Kier molecular flexibility index (Phi) is 4.95. The highest BCUT2D eigenvalue weighted by molar-refractivity contribution is 14.0. The molecule has 1 aromatic carbocycles. The minimum atomic E-state index is 0. The van der Waals surface area contributed by atoms with Crippen LogP contribution in [0.15, 0.2) is 47.7 Å². The summed E-state index contributed by atoms with van der Waals surface area (Å²) < 4.78 is 1.79. The quantitative estimate of drug-likeness (QED) is 0.500. The van der Waals surface area contributed by atoms with E-state index in [1.807, 2.05) is 36.5 Å². The Balaban J connectivity index is 0.00000144. The molecule has 0 atom stereocenters. The first kappa shape index (κ1) is 13.5. The second-order valence-corrected chi connectivity index (χ2v) is 3.37. The lowest BCUT2D eigenvalue weighted by Crippen LogP contribution is -2.22. The van der Waals surface area contributed by atoms with Crippen LogP contribution >= 0.6 is 24.0 Å². The van der Waals surface area contributed by atoms with E-state index in [-0.39, 0.29) is 29.9 Å². The summed E-state index contributed by atoms with van der Waals surface area (Å²) in [6.07, 6.45) is 3.65. The van der Waals surface area contributed by atoms with Crippen molar-refractivity contribution < 1.29 is 0 Å². The molecule has 0 aliphatic heterocycles. The van der Waals surface area contributed by atoms with Gasteiger partial charge in [-0.05, 0) is 12.1 Å². The van der Waals surface area contributed by atoms with Gasteiger partial charge in [-0.15, -0.1) is 24.0 Å². The maximum absolute atomic E-state index is 5.26. The molecule has 6 heteroatoms. The molecule has 0 aliphatic rings. The minimum Gasteiger partial charge on any atom is -0.370 e. The molecule has 0 radical (unpaired) electrons. The first-order chi connectivity index (χ1) is 7.75. The monoisotopic (exact) mass is 343 g/mol. The van der Waals surface area contributed by atoms with Crippen molar-refractivity contribution in [2.45, 2.75) is 6.54 Å². The van der Waals surface area contributed by atoms with Gasteiger partial charge in [0.1, 0.15) is 0 Å². The van der Waals surface area contributed by atoms with Gasteiger partial charge in [-0.25, -0.2) is 9.67 Å². The standard InChI is InChI=1S/C11H13N5.HI/c12-11(13)14-6-9-7-15-16(8-9)10-4-2-1-3-5-10;/h1-5,7-8H,6H2,(H4,12,13,14);1H. The van der Waals surface area contributed by atoms with Crippen molar-refractivity contribution in [2.24, 2.45) is 16.5 Å². The molecule has 0 amide bonds. The van der Waals surface area contributed by atoms with Gasteiger partial charge in [0.15, 0.2) is 5.96 Å². The smallest absolute Gasteiger partial charge is 0.186 e. The number of aromatic nitrogens is 2. The minimum absolute atomic E-state index is 0. The molecular weight excluding hydrogens is 329 g/mol. The van der Waals surface area contributed by atoms with Gasteiger partial charge in [0.05, 0.1) is 18.4 Å².